The summed E-state index contributed by atoms with van der Waals surface area (Å²) in [7, 11) is 0. The summed E-state index contributed by atoms with van der Waals surface area (Å²) in [6, 6.07) is -0.676. The first kappa shape index (κ1) is 22.9. The zero-order valence-corrected chi connectivity index (χ0v) is 15.6. The Bertz CT molecular complexity index is 333. The van der Waals surface area contributed by atoms with E-state index in [1.807, 2.05) is 11.8 Å². The Morgan fingerprint density at radius 2 is 1.33 bits per heavy atom. The average Bonchev–Trinajstić information content (AvgIpc) is 2.54. The summed E-state index contributed by atoms with van der Waals surface area (Å²) in [5.74, 6) is -1.85. The summed E-state index contributed by atoms with van der Waals surface area (Å²) in [4.78, 5) is 23.9. The smallest absolute Gasteiger partial charge is 0.320 e. The number of carbonyl (C=O) groups is 2. The second kappa shape index (κ2) is 15.4. The molecule has 142 valence electrons. The van der Waals surface area contributed by atoms with E-state index >= 15 is 0 Å². The van der Waals surface area contributed by atoms with Crippen LogP contribution >= 0.6 is 0 Å². The molecule has 0 aliphatic carbocycles. The van der Waals surface area contributed by atoms with Crippen LogP contribution in [0.3, 0.4) is 0 Å². The monoisotopic (exact) mass is 343 g/mol. The van der Waals surface area contributed by atoms with E-state index in [1.54, 1.807) is 0 Å². The standard InChI is InChI=1S/C19H37NO4/c1-3-5-6-7-8-9-10-11-12-13-16-20(4-2)17(19(23)24)14-15-18(21)22/h17H,3-16H2,1-2H3,(H,21,22)(H,23,24). The van der Waals surface area contributed by atoms with Crippen molar-refractivity contribution in [2.24, 2.45) is 0 Å². The summed E-state index contributed by atoms with van der Waals surface area (Å²) < 4.78 is 0. The molecule has 0 saturated carbocycles. The van der Waals surface area contributed by atoms with Crippen molar-refractivity contribution in [1.29, 1.82) is 0 Å². The van der Waals surface area contributed by atoms with Gasteiger partial charge in [-0.1, -0.05) is 71.6 Å². The SMILES string of the molecule is CCCCCCCCCCCCN(CC)C(CCC(=O)O)C(=O)O. The normalized spacial score (nSPS) is 12.5. The first-order chi connectivity index (χ1) is 11.5. The van der Waals surface area contributed by atoms with Crippen LogP contribution in [0.1, 0.15) is 90.9 Å². The Labute approximate surface area is 147 Å². The number of likely N-dealkylation sites (N-methyl/N-ethyl adjacent to an activating group) is 1. The molecule has 0 aromatic carbocycles. The van der Waals surface area contributed by atoms with Gasteiger partial charge in [0.2, 0.25) is 0 Å². The fourth-order valence-corrected chi connectivity index (χ4v) is 3.06. The lowest BCUT2D eigenvalue weighted by molar-refractivity contribution is -0.144. The summed E-state index contributed by atoms with van der Waals surface area (Å²) in [6.07, 6.45) is 12.6. The molecular formula is C19H37NO4. The highest BCUT2D eigenvalue weighted by molar-refractivity contribution is 5.75. The quantitative estimate of drug-likeness (QED) is 0.379. The molecule has 0 radical (unpaired) electrons. The van der Waals surface area contributed by atoms with E-state index in [2.05, 4.69) is 6.92 Å². The van der Waals surface area contributed by atoms with Crippen LogP contribution in [0.4, 0.5) is 0 Å². The van der Waals surface area contributed by atoms with E-state index in [1.165, 1.54) is 51.4 Å². The molecular weight excluding hydrogens is 306 g/mol. The number of hydrogen-bond donors (Lipinski definition) is 2. The third kappa shape index (κ3) is 12.3. The lowest BCUT2D eigenvalue weighted by Gasteiger charge is -2.27. The number of unbranched alkanes of at least 4 members (excludes halogenated alkanes) is 9. The summed E-state index contributed by atoms with van der Waals surface area (Å²) in [5.41, 5.74) is 0. The molecule has 0 spiro atoms. The highest BCUT2D eigenvalue weighted by Gasteiger charge is 2.24. The molecule has 0 aromatic heterocycles. The topological polar surface area (TPSA) is 77.8 Å². The van der Waals surface area contributed by atoms with E-state index in [0.29, 0.717) is 6.54 Å². The van der Waals surface area contributed by atoms with Crippen molar-refractivity contribution >= 4 is 11.9 Å². The predicted molar refractivity (Wildman–Crippen MR) is 97.4 cm³/mol. The molecule has 5 nitrogen and oxygen atoms in total. The lowest BCUT2D eigenvalue weighted by Crippen LogP contribution is -2.42. The van der Waals surface area contributed by atoms with E-state index in [4.69, 9.17) is 5.11 Å². The zero-order valence-electron chi connectivity index (χ0n) is 15.6. The zero-order chi connectivity index (χ0) is 18.2. The van der Waals surface area contributed by atoms with Gasteiger partial charge < -0.3 is 10.2 Å². The molecule has 0 aliphatic heterocycles. The van der Waals surface area contributed by atoms with Crippen LogP contribution in [0.25, 0.3) is 0 Å². The van der Waals surface area contributed by atoms with Crippen LogP contribution in [0.15, 0.2) is 0 Å². The molecule has 0 saturated heterocycles. The second-order valence-electron chi connectivity index (χ2n) is 6.60. The Balaban J connectivity index is 3.82. The van der Waals surface area contributed by atoms with Crippen molar-refractivity contribution < 1.29 is 19.8 Å². The van der Waals surface area contributed by atoms with Crippen LogP contribution in [0.5, 0.6) is 0 Å². The Hall–Kier alpha value is -1.10. The van der Waals surface area contributed by atoms with Crippen molar-refractivity contribution in [3.63, 3.8) is 0 Å². The molecule has 1 unspecified atom stereocenters. The summed E-state index contributed by atoms with van der Waals surface area (Å²) in [6.45, 7) is 5.56. The molecule has 5 heteroatoms. The second-order valence-corrected chi connectivity index (χ2v) is 6.60. The minimum atomic E-state index is -0.934. The van der Waals surface area contributed by atoms with Crippen molar-refractivity contribution in [1.82, 2.24) is 4.90 Å². The maximum absolute atomic E-state index is 11.4. The van der Waals surface area contributed by atoms with E-state index in [0.717, 1.165) is 19.4 Å². The molecule has 0 fully saturated rings. The van der Waals surface area contributed by atoms with Crippen LogP contribution < -0.4 is 0 Å². The fourth-order valence-electron chi connectivity index (χ4n) is 3.06. The first-order valence-electron chi connectivity index (χ1n) is 9.71. The van der Waals surface area contributed by atoms with Gasteiger partial charge in [-0.15, -0.1) is 0 Å². The van der Waals surface area contributed by atoms with Gasteiger partial charge in [0.25, 0.3) is 0 Å². The van der Waals surface area contributed by atoms with Crippen molar-refractivity contribution in [3.8, 4) is 0 Å². The van der Waals surface area contributed by atoms with Gasteiger partial charge in [-0.25, -0.2) is 0 Å². The number of rotatable bonds is 17. The predicted octanol–water partition coefficient (Wildman–Crippen LogP) is 4.55. The van der Waals surface area contributed by atoms with Crippen molar-refractivity contribution in [3.05, 3.63) is 0 Å². The molecule has 1 atom stereocenters. The largest absolute Gasteiger partial charge is 0.481 e. The van der Waals surface area contributed by atoms with Gasteiger partial charge >= 0.3 is 11.9 Å². The average molecular weight is 344 g/mol. The van der Waals surface area contributed by atoms with Gasteiger partial charge in [-0.3, -0.25) is 14.5 Å². The first-order valence-corrected chi connectivity index (χ1v) is 9.71. The number of aliphatic carboxylic acids is 2. The van der Waals surface area contributed by atoms with Gasteiger partial charge in [-0.2, -0.15) is 0 Å². The van der Waals surface area contributed by atoms with Gasteiger partial charge in [0, 0.05) is 6.42 Å². The number of nitrogens with zero attached hydrogens (tertiary/aromatic N) is 1. The van der Waals surface area contributed by atoms with Crippen molar-refractivity contribution in [2.75, 3.05) is 13.1 Å². The maximum Gasteiger partial charge on any atom is 0.320 e. The van der Waals surface area contributed by atoms with Gasteiger partial charge in [0.1, 0.15) is 6.04 Å². The van der Waals surface area contributed by atoms with Crippen molar-refractivity contribution in [2.45, 2.75) is 96.9 Å². The fraction of sp³-hybridized carbons (Fsp3) is 0.895. The molecule has 24 heavy (non-hydrogen) atoms. The third-order valence-electron chi connectivity index (χ3n) is 4.56. The molecule has 0 heterocycles. The van der Waals surface area contributed by atoms with Crippen LogP contribution in [0, 0.1) is 0 Å². The molecule has 0 amide bonds. The Morgan fingerprint density at radius 3 is 1.75 bits per heavy atom. The van der Waals surface area contributed by atoms with Crippen LogP contribution in [-0.4, -0.2) is 46.2 Å². The Morgan fingerprint density at radius 1 is 0.833 bits per heavy atom. The molecule has 0 aliphatic rings. The van der Waals surface area contributed by atoms with Gasteiger partial charge in [0.05, 0.1) is 0 Å². The molecule has 0 bridgehead atoms. The van der Waals surface area contributed by atoms with Gasteiger partial charge in [0.15, 0.2) is 0 Å². The summed E-state index contributed by atoms with van der Waals surface area (Å²) in [5, 5.41) is 18.1. The number of carboxylic acid groups (broad SMARTS) is 2. The maximum atomic E-state index is 11.4. The van der Waals surface area contributed by atoms with Gasteiger partial charge in [-0.05, 0) is 25.9 Å². The lowest BCUT2D eigenvalue weighted by atomic mass is 10.1. The highest BCUT2D eigenvalue weighted by Crippen LogP contribution is 2.13. The van der Waals surface area contributed by atoms with E-state index < -0.39 is 18.0 Å². The highest BCUT2D eigenvalue weighted by atomic mass is 16.4. The minimum Gasteiger partial charge on any atom is -0.481 e. The van der Waals surface area contributed by atoms with E-state index in [9.17, 15) is 14.7 Å². The molecule has 0 rings (SSSR count). The molecule has 0 aromatic rings. The number of hydrogen-bond acceptors (Lipinski definition) is 3. The van der Waals surface area contributed by atoms with E-state index in [-0.39, 0.29) is 12.8 Å². The van der Waals surface area contributed by atoms with Crippen LogP contribution in [-0.2, 0) is 9.59 Å². The third-order valence-corrected chi connectivity index (χ3v) is 4.56. The Kier molecular flexibility index (Phi) is 14.7. The molecule has 2 N–H and O–H groups in total. The number of carboxylic acids is 2. The summed E-state index contributed by atoms with van der Waals surface area (Å²) >= 11 is 0. The van der Waals surface area contributed by atoms with Crippen LogP contribution in [0.2, 0.25) is 0 Å². The minimum absolute atomic E-state index is 0.0918.